The molecule has 0 aliphatic carbocycles. The predicted molar refractivity (Wildman–Crippen MR) is 48.1 cm³/mol. The number of nitrogens with two attached hydrogens (primary N) is 1. The second-order valence-corrected chi connectivity index (χ2v) is 3.07. The lowest BCUT2D eigenvalue weighted by Crippen LogP contribution is -1.91. The topological polar surface area (TPSA) is 26.0 Å². The molecule has 0 unspecified atom stereocenters. The summed E-state index contributed by atoms with van der Waals surface area (Å²) in [6.07, 6.45) is 0. The van der Waals surface area contributed by atoms with Crippen molar-refractivity contribution in [1.82, 2.24) is 0 Å². The molecule has 1 rings (SSSR count). The molecule has 1 aromatic rings. The number of hydrogen-bond acceptors (Lipinski definition) is 1. The molecule has 1 aromatic carbocycles. The molecule has 0 aliphatic rings. The molecular formula is C7H7BrClN. The van der Waals surface area contributed by atoms with Gasteiger partial charge in [-0.05, 0) is 27.6 Å². The Balaban J connectivity index is 3.14. The SMILES string of the molecule is Nc1c(Br)cccc1CCl. The minimum absolute atomic E-state index is 0.464. The van der Waals surface area contributed by atoms with Gasteiger partial charge in [-0.15, -0.1) is 11.6 Å². The summed E-state index contributed by atoms with van der Waals surface area (Å²) in [5, 5.41) is 0. The number of hydrogen-bond donors (Lipinski definition) is 1. The van der Waals surface area contributed by atoms with Crippen LogP contribution in [0.1, 0.15) is 5.56 Å². The second-order valence-electron chi connectivity index (χ2n) is 1.95. The van der Waals surface area contributed by atoms with Gasteiger partial charge in [0.1, 0.15) is 0 Å². The van der Waals surface area contributed by atoms with E-state index < -0.39 is 0 Å². The first kappa shape index (κ1) is 7.89. The highest BCUT2D eigenvalue weighted by Gasteiger charge is 1.98. The minimum atomic E-state index is 0.464. The molecule has 0 aliphatic heterocycles. The van der Waals surface area contributed by atoms with E-state index in [-0.39, 0.29) is 0 Å². The van der Waals surface area contributed by atoms with E-state index in [1.54, 1.807) is 0 Å². The smallest absolute Gasteiger partial charge is 0.0503 e. The van der Waals surface area contributed by atoms with Crippen molar-refractivity contribution in [2.24, 2.45) is 0 Å². The molecule has 1 nitrogen and oxygen atoms in total. The van der Waals surface area contributed by atoms with Crippen molar-refractivity contribution in [2.45, 2.75) is 5.88 Å². The zero-order chi connectivity index (χ0) is 7.56. The van der Waals surface area contributed by atoms with E-state index in [1.165, 1.54) is 0 Å². The average Bonchev–Trinajstić information content (AvgIpc) is 1.95. The van der Waals surface area contributed by atoms with Crippen LogP contribution in [0.25, 0.3) is 0 Å². The van der Waals surface area contributed by atoms with Gasteiger partial charge in [0, 0.05) is 10.4 Å². The Morgan fingerprint density at radius 2 is 2.20 bits per heavy atom. The molecule has 54 valence electrons. The number of rotatable bonds is 1. The largest absolute Gasteiger partial charge is 0.398 e. The molecule has 0 fully saturated rings. The van der Waals surface area contributed by atoms with Gasteiger partial charge < -0.3 is 5.73 Å². The number of para-hydroxylation sites is 1. The summed E-state index contributed by atoms with van der Waals surface area (Å²) >= 11 is 8.91. The molecule has 0 heterocycles. The summed E-state index contributed by atoms with van der Waals surface area (Å²) in [4.78, 5) is 0. The van der Waals surface area contributed by atoms with Crippen LogP contribution in [0.5, 0.6) is 0 Å². The van der Waals surface area contributed by atoms with Crippen molar-refractivity contribution >= 4 is 33.2 Å². The molecule has 0 aromatic heterocycles. The van der Waals surface area contributed by atoms with Crippen molar-refractivity contribution in [1.29, 1.82) is 0 Å². The van der Waals surface area contributed by atoms with Crippen LogP contribution in [0, 0.1) is 0 Å². The Morgan fingerprint density at radius 1 is 1.50 bits per heavy atom. The molecule has 0 atom stereocenters. The van der Waals surface area contributed by atoms with Gasteiger partial charge in [0.15, 0.2) is 0 Å². The normalized spacial score (nSPS) is 9.80. The molecule has 10 heavy (non-hydrogen) atoms. The van der Waals surface area contributed by atoms with E-state index in [0.29, 0.717) is 5.88 Å². The molecule has 2 N–H and O–H groups in total. The van der Waals surface area contributed by atoms with Crippen LogP contribution in [0.15, 0.2) is 22.7 Å². The van der Waals surface area contributed by atoms with Crippen molar-refractivity contribution in [3.63, 3.8) is 0 Å². The molecular weight excluding hydrogens is 213 g/mol. The lowest BCUT2D eigenvalue weighted by atomic mass is 10.2. The molecule has 3 heteroatoms. The first-order chi connectivity index (χ1) is 4.75. The fourth-order valence-electron chi connectivity index (χ4n) is 0.698. The van der Waals surface area contributed by atoms with E-state index in [2.05, 4.69) is 15.9 Å². The van der Waals surface area contributed by atoms with Crippen LogP contribution < -0.4 is 5.73 Å². The standard InChI is InChI=1S/C7H7BrClN/c8-6-3-1-2-5(4-9)7(6)10/h1-3H,4,10H2. The lowest BCUT2D eigenvalue weighted by molar-refractivity contribution is 1.39. The van der Waals surface area contributed by atoms with Crippen LogP contribution in [-0.2, 0) is 5.88 Å². The van der Waals surface area contributed by atoms with Crippen LogP contribution in [0.4, 0.5) is 5.69 Å². The predicted octanol–water partition coefficient (Wildman–Crippen LogP) is 2.77. The fraction of sp³-hybridized carbons (Fsp3) is 0.143. The van der Waals surface area contributed by atoms with Gasteiger partial charge >= 0.3 is 0 Å². The molecule has 0 saturated heterocycles. The summed E-state index contributed by atoms with van der Waals surface area (Å²) < 4.78 is 0.908. The van der Waals surface area contributed by atoms with Crippen LogP contribution in [0.3, 0.4) is 0 Å². The maximum atomic E-state index is 5.66. The number of nitrogen functional groups attached to an aromatic ring is 1. The second kappa shape index (κ2) is 3.26. The first-order valence-corrected chi connectivity index (χ1v) is 4.17. The highest BCUT2D eigenvalue weighted by Crippen LogP contribution is 2.23. The van der Waals surface area contributed by atoms with Crippen LogP contribution >= 0.6 is 27.5 Å². The third kappa shape index (κ3) is 1.44. The van der Waals surface area contributed by atoms with Gasteiger partial charge in [0.2, 0.25) is 0 Å². The van der Waals surface area contributed by atoms with Crippen molar-refractivity contribution < 1.29 is 0 Å². The Labute approximate surface area is 73.3 Å². The molecule has 0 amide bonds. The zero-order valence-corrected chi connectivity index (χ0v) is 7.61. The first-order valence-electron chi connectivity index (χ1n) is 2.84. The maximum absolute atomic E-state index is 5.66. The van der Waals surface area contributed by atoms with Gasteiger partial charge in [0.25, 0.3) is 0 Å². The van der Waals surface area contributed by atoms with Gasteiger partial charge in [-0.25, -0.2) is 0 Å². The van der Waals surface area contributed by atoms with E-state index in [4.69, 9.17) is 17.3 Å². The average molecular weight is 220 g/mol. The quantitative estimate of drug-likeness (QED) is 0.572. The van der Waals surface area contributed by atoms with Crippen molar-refractivity contribution in [3.8, 4) is 0 Å². The van der Waals surface area contributed by atoms with Gasteiger partial charge in [-0.3, -0.25) is 0 Å². The summed E-state index contributed by atoms with van der Waals surface area (Å²) in [6, 6.07) is 5.72. The fourth-order valence-corrected chi connectivity index (χ4v) is 1.34. The Bertz CT molecular complexity index is 237. The zero-order valence-electron chi connectivity index (χ0n) is 5.27. The molecule has 0 radical (unpaired) electrons. The lowest BCUT2D eigenvalue weighted by Gasteiger charge is -2.01. The van der Waals surface area contributed by atoms with E-state index >= 15 is 0 Å². The highest BCUT2D eigenvalue weighted by atomic mass is 79.9. The van der Waals surface area contributed by atoms with Crippen LogP contribution in [-0.4, -0.2) is 0 Å². The Kier molecular flexibility index (Phi) is 2.57. The monoisotopic (exact) mass is 219 g/mol. The summed E-state index contributed by atoms with van der Waals surface area (Å²) in [6.45, 7) is 0. The van der Waals surface area contributed by atoms with Crippen LogP contribution in [0.2, 0.25) is 0 Å². The highest BCUT2D eigenvalue weighted by molar-refractivity contribution is 9.10. The van der Waals surface area contributed by atoms with E-state index in [9.17, 15) is 0 Å². The summed E-state index contributed by atoms with van der Waals surface area (Å²) in [7, 11) is 0. The number of halogens is 2. The number of anilines is 1. The molecule has 0 spiro atoms. The Morgan fingerprint density at radius 3 is 2.70 bits per heavy atom. The van der Waals surface area contributed by atoms with Crippen molar-refractivity contribution in [2.75, 3.05) is 5.73 Å². The third-order valence-corrected chi connectivity index (χ3v) is 2.27. The minimum Gasteiger partial charge on any atom is -0.398 e. The number of alkyl halides is 1. The summed E-state index contributed by atoms with van der Waals surface area (Å²) in [5.41, 5.74) is 7.36. The van der Waals surface area contributed by atoms with Gasteiger partial charge in [0.05, 0.1) is 5.69 Å². The van der Waals surface area contributed by atoms with Gasteiger partial charge in [-0.1, -0.05) is 12.1 Å². The number of benzene rings is 1. The molecule has 0 saturated carbocycles. The maximum Gasteiger partial charge on any atom is 0.0503 e. The van der Waals surface area contributed by atoms with E-state index in [0.717, 1.165) is 15.7 Å². The summed E-state index contributed by atoms with van der Waals surface area (Å²) in [5.74, 6) is 0.464. The van der Waals surface area contributed by atoms with Gasteiger partial charge in [-0.2, -0.15) is 0 Å². The molecule has 0 bridgehead atoms. The van der Waals surface area contributed by atoms with E-state index in [1.807, 2.05) is 18.2 Å². The third-order valence-electron chi connectivity index (χ3n) is 1.29. The van der Waals surface area contributed by atoms with Crippen molar-refractivity contribution in [3.05, 3.63) is 28.2 Å². The Hall–Kier alpha value is -0.210.